The third-order valence-corrected chi connectivity index (χ3v) is 3.61. The third kappa shape index (κ3) is 3.21. The lowest BCUT2D eigenvalue weighted by molar-refractivity contribution is 0.398. The minimum Gasteiger partial charge on any atom is -0.481 e. The van der Waals surface area contributed by atoms with E-state index in [-0.39, 0.29) is 5.28 Å². The Labute approximate surface area is 128 Å². The second-order valence-corrected chi connectivity index (χ2v) is 5.20. The summed E-state index contributed by atoms with van der Waals surface area (Å²) in [5, 5.41) is 0.205. The molecule has 110 valence electrons. The zero-order chi connectivity index (χ0) is 14.7. The second-order valence-electron chi connectivity index (χ2n) is 4.86. The minimum absolute atomic E-state index is 0.205. The van der Waals surface area contributed by atoms with Crippen LogP contribution in [0.1, 0.15) is 19.3 Å². The lowest BCUT2D eigenvalue weighted by Gasteiger charge is -2.26. The number of rotatable bonds is 3. The Hall–Kier alpha value is -1.95. The van der Waals surface area contributed by atoms with Crippen LogP contribution in [-0.4, -0.2) is 40.1 Å². The van der Waals surface area contributed by atoms with E-state index in [0.717, 1.165) is 31.5 Å². The van der Waals surface area contributed by atoms with Crippen molar-refractivity contribution < 1.29 is 4.74 Å². The quantitative estimate of drug-likeness (QED) is 0.868. The normalized spacial score (nSPS) is 15.0. The molecule has 0 unspecified atom stereocenters. The van der Waals surface area contributed by atoms with Crippen LogP contribution in [0.15, 0.2) is 18.3 Å². The maximum absolute atomic E-state index is 6.06. The fraction of sp³-hybridized carbons (Fsp3) is 0.429. The van der Waals surface area contributed by atoms with Crippen molar-refractivity contribution >= 4 is 17.5 Å². The van der Waals surface area contributed by atoms with E-state index in [1.807, 2.05) is 6.07 Å². The van der Waals surface area contributed by atoms with Gasteiger partial charge in [-0.1, -0.05) is 0 Å². The van der Waals surface area contributed by atoms with Crippen molar-refractivity contribution in [3.05, 3.63) is 23.6 Å². The zero-order valence-corrected chi connectivity index (χ0v) is 12.5. The fourth-order valence-corrected chi connectivity index (χ4v) is 2.52. The van der Waals surface area contributed by atoms with E-state index in [0.29, 0.717) is 17.7 Å². The number of piperidine rings is 1. The van der Waals surface area contributed by atoms with Crippen molar-refractivity contribution in [1.29, 1.82) is 0 Å². The number of aromatic nitrogens is 4. The largest absolute Gasteiger partial charge is 0.481 e. The van der Waals surface area contributed by atoms with E-state index in [4.69, 9.17) is 16.3 Å². The second kappa shape index (κ2) is 6.22. The number of methoxy groups -OCH3 is 1. The molecule has 1 saturated heterocycles. The molecular weight excluding hydrogens is 290 g/mol. The van der Waals surface area contributed by atoms with E-state index in [1.54, 1.807) is 19.4 Å². The van der Waals surface area contributed by atoms with Gasteiger partial charge in [0.05, 0.1) is 7.11 Å². The van der Waals surface area contributed by atoms with Crippen molar-refractivity contribution in [2.45, 2.75) is 19.3 Å². The molecule has 0 aliphatic carbocycles. The summed E-state index contributed by atoms with van der Waals surface area (Å²) in [5.74, 6) is 1.69. The monoisotopic (exact) mass is 305 g/mol. The van der Waals surface area contributed by atoms with Gasteiger partial charge in [-0.2, -0.15) is 15.0 Å². The standard InChI is InChI=1S/C14H16ClN5O/c1-21-11-9-10(5-6-16-11)12-17-13(15)19-14(18-12)20-7-3-2-4-8-20/h5-6,9H,2-4,7-8H2,1H3. The molecule has 7 heteroatoms. The molecule has 2 aromatic heterocycles. The van der Waals surface area contributed by atoms with Gasteiger partial charge in [0, 0.05) is 30.9 Å². The van der Waals surface area contributed by atoms with Gasteiger partial charge in [0.15, 0.2) is 5.82 Å². The predicted molar refractivity (Wildman–Crippen MR) is 80.7 cm³/mol. The molecule has 21 heavy (non-hydrogen) atoms. The van der Waals surface area contributed by atoms with Crippen LogP contribution in [-0.2, 0) is 0 Å². The van der Waals surface area contributed by atoms with Crippen LogP contribution in [0.5, 0.6) is 5.88 Å². The van der Waals surface area contributed by atoms with E-state index >= 15 is 0 Å². The summed E-state index contributed by atoms with van der Waals surface area (Å²) < 4.78 is 5.13. The van der Waals surface area contributed by atoms with Crippen molar-refractivity contribution in [1.82, 2.24) is 19.9 Å². The summed E-state index contributed by atoms with van der Waals surface area (Å²) >= 11 is 6.06. The fourth-order valence-electron chi connectivity index (χ4n) is 2.36. The molecular formula is C14H16ClN5O. The Morgan fingerprint density at radius 1 is 1.14 bits per heavy atom. The average molecular weight is 306 g/mol. The zero-order valence-electron chi connectivity index (χ0n) is 11.8. The van der Waals surface area contributed by atoms with Gasteiger partial charge in [-0.05, 0) is 36.9 Å². The summed E-state index contributed by atoms with van der Waals surface area (Å²) in [7, 11) is 1.58. The first-order valence-electron chi connectivity index (χ1n) is 6.93. The van der Waals surface area contributed by atoms with Crippen molar-refractivity contribution in [2.24, 2.45) is 0 Å². The topological polar surface area (TPSA) is 64.0 Å². The molecule has 3 heterocycles. The van der Waals surface area contributed by atoms with E-state index in [1.165, 1.54) is 6.42 Å². The summed E-state index contributed by atoms with van der Waals surface area (Å²) in [6.45, 7) is 1.92. The molecule has 1 fully saturated rings. The molecule has 0 amide bonds. The van der Waals surface area contributed by atoms with Gasteiger partial charge < -0.3 is 9.64 Å². The molecule has 0 atom stereocenters. The number of hydrogen-bond donors (Lipinski definition) is 0. The minimum atomic E-state index is 0.205. The Kier molecular flexibility index (Phi) is 4.15. The van der Waals surface area contributed by atoms with Crippen LogP contribution in [0.4, 0.5) is 5.95 Å². The van der Waals surface area contributed by atoms with E-state index < -0.39 is 0 Å². The van der Waals surface area contributed by atoms with Gasteiger partial charge in [-0.15, -0.1) is 0 Å². The molecule has 0 aromatic carbocycles. The molecule has 3 rings (SSSR count). The van der Waals surface area contributed by atoms with Gasteiger partial charge in [-0.25, -0.2) is 4.98 Å². The summed E-state index contributed by atoms with van der Waals surface area (Å²) in [4.78, 5) is 19.2. The number of nitrogens with zero attached hydrogens (tertiary/aromatic N) is 5. The van der Waals surface area contributed by atoms with Crippen LogP contribution < -0.4 is 9.64 Å². The molecule has 0 saturated carbocycles. The highest BCUT2D eigenvalue weighted by Gasteiger charge is 2.16. The van der Waals surface area contributed by atoms with Crippen molar-refractivity contribution in [2.75, 3.05) is 25.1 Å². The third-order valence-electron chi connectivity index (χ3n) is 3.44. The van der Waals surface area contributed by atoms with Gasteiger partial charge >= 0.3 is 0 Å². The molecule has 0 N–H and O–H groups in total. The lowest BCUT2D eigenvalue weighted by atomic mass is 10.1. The van der Waals surface area contributed by atoms with Gasteiger partial charge in [0.2, 0.25) is 17.1 Å². The van der Waals surface area contributed by atoms with Crippen LogP contribution >= 0.6 is 11.6 Å². The predicted octanol–water partition coefficient (Wildman–Crippen LogP) is 2.59. The highest BCUT2D eigenvalue weighted by atomic mass is 35.5. The van der Waals surface area contributed by atoms with Crippen LogP contribution in [0.3, 0.4) is 0 Å². The van der Waals surface area contributed by atoms with Crippen molar-refractivity contribution in [3.8, 4) is 17.3 Å². The SMILES string of the molecule is COc1cc(-c2nc(Cl)nc(N3CCCCC3)n2)ccn1. The number of pyridine rings is 1. The van der Waals surface area contributed by atoms with Gasteiger partial charge in [0.1, 0.15) is 0 Å². The highest BCUT2D eigenvalue weighted by molar-refractivity contribution is 6.28. The summed E-state index contributed by atoms with van der Waals surface area (Å²) in [6, 6.07) is 3.61. The molecule has 6 nitrogen and oxygen atoms in total. The first kappa shape index (κ1) is 14.0. The van der Waals surface area contributed by atoms with Crippen LogP contribution in [0.2, 0.25) is 5.28 Å². The molecule has 1 aliphatic rings. The molecule has 0 bridgehead atoms. The number of anilines is 1. The maximum atomic E-state index is 6.06. The molecule has 0 radical (unpaired) electrons. The Balaban J connectivity index is 1.96. The lowest BCUT2D eigenvalue weighted by Crippen LogP contribution is -2.31. The van der Waals surface area contributed by atoms with Crippen molar-refractivity contribution in [3.63, 3.8) is 0 Å². The Bertz CT molecular complexity index is 631. The highest BCUT2D eigenvalue weighted by Crippen LogP contribution is 2.23. The first-order chi connectivity index (χ1) is 10.3. The summed E-state index contributed by atoms with van der Waals surface area (Å²) in [6.07, 6.45) is 5.22. The smallest absolute Gasteiger partial charge is 0.230 e. The number of hydrogen-bond acceptors (Lipinski definition) is 6. The Morgan fingerprint density at radius 3 is 2.71 bits per heavy atom. The first-order valence-corrected chi connectivity index (χ1v) is 7.31. The molecule has 2 aromatic rings. The molecule has 1 aliphatic heterocycles. The van der Waals surface area contributed by atoms with Gasteiger partial charge in [-0.3, -0.25) is 0 Å². The number of halogens is 1. The molecule has 0 spiro atoms. The van der Waals surface area contributed by atoms with E-state index in [9.17, 15) is 0 Å². The maximum Gasteiger partial charge on any atom is 0.230 e. The number of ether oxygens (including phenoxy) is 1. The van der Waals surface area contributed by atoms with Crippen LogP contribution in [0.25, 0.3) is 11.4 Å². The Morgan fingerprint density at radius 2 is 1.95 bits per heavy atom. The van der Waals surface area contributed by atoms with E-state index in [2.05, 4.69) is 24.8 Å². The average Bonchev–Trinajstić information content (AvgIpc) is 2.55. The van der Waals surface area contributed by atoms with Gasteiger partial charge in [0.25, 0.3) is 0 Å². The van der Waals surface area contributed by atoms with Crippen LogP contribution in [0, 0.1) is 0 Å². The summed E-state index contributed by atoms with van der Waals surface area (Å²) in [5.41, 5.74) is 0.810.